The zero-order valence-corrected chi connectivity index (χ0v) is 18.3. The highest BCUT2D eigenvalue weighted by atomic mass is 35.5. The minimum Gasteiger partial charge on any atom is -0.383 e. The molecule has 30 heavy (non-hydrogen) atoms. The lowest BCUT2D eigenvalue weighted by Crippen LogP contribution is -2.19. The molecule has 0 aliphatic carbocycles. The van der Waals surface area contributed by atoms with Gasteiger partial charge in [-0.05, 0) is 47.9 Å². The van der Waals surface area contributed by atoms with E-state index in [9.17, 15) is 4.79 Å². The molecule has 1 heterocycles. The molecule has 4 aromatic rings. The van der Waals surface area contributed by atoms with E-state index in [0.717, 1.165) is 26.9 Å². The predicted octanol–water partition coefficient (Wildman–Crippen LogP) is 5.72. The van der Waals surface area contributed by atoms with Crippen LogP contribution >= 0.6 is 22.9 Å². The summed E-state index contributed by atoms with van der Waals surface area (Å²) in [5, 5.41) is 0.695. The van der Waals surface area contributed by atoms with Crippen LogP contribution in [0.5, 0.6) is 0 Å². The van der Waals surface area contributed by atoms with Gasteiger partial charge in [0.2, 0.25) is 0 Å². The number of aryl methyl sites for hydroxylation is 1. The molecule has 6 heteroatoms. The summed E-state index contributed by atoms with van der Waals surface area (Å²) in [6.07, 6.45) is 0. The number of methoxy groups -OCH3 is 1. The number of aromatic nitrogens is 1. The molecule has 1 aromatic heterocycles. The monoisotopic (exact) mass is 436 g/mol. The van der Waals surface area contributed by atoms with Gasteiger partial charge in [0.05, 0.1) is 16.8 Å². The van der Waals surface area contributed by atoms with Crippen LogP contribution in [0.4, 0.5) is 0 Å². The fourth-order valence-corrected chi connectivity index (χ4v) is 4.64. The van der Waals surface area contributed by atoms with Gasteiger partial charge >= 0.3 is 0 Å². The second kappa shape index (κ2) is 8.96. The lowest BCUT2D eigenvalue weighted by Gasteiger charge is -2.07. The Kier molecular flexibility index (Phi) is 6.13. The third-order valence-electron chi connectivity index (χ3n) is 4.99. The van der Waals surface area contributed by atoms with Crippen LogP contribution < -0.4 is 4.80 Å². The summed E-state index contributed by atoms with van der Waals surface area (Å²) in [5.74, 6) is -0.268. The molecule has 0 saturated heterocycles. The standard InChI is InChI=1S/C24H21ClN2O2S/c1-16-20(25)12-13-21-22(16)27(14-15-29-2)24(30-21)26-23(28)19-10-8-18(9-11-19)17-6-4-3-5-7-17/h3-13H,14-15H2,1-2H3. The molecule has 0 radical (unpaired) electrons. The Hall–Kier alpha value is -2.73. The summed E-state index contributed by atoms with van der Waals surface area (Å²) in [4.78, 5) is 18.0. The second-order valence-electron chi connectivity index (χ2n) is 6.91. The average Bonchev–Trinajstić information content (AvgIpc) is 3.13. The first-order chi connectivity index (χ1) is 14.6. The van der Waals surface area contributed by atoms with Crippen molar-refractivity contribution in [1.29, 1.82) is 0 Å². The van der Waals surface area contributed by atoms with Gasteiger partial charge in [-0.2, -0.15) is 4.99 Å². The molecule has 0 fully saturated rings. The van der Waals surface area contributed by atoms with E-state index in [1.54, 1.807) is 7.11 Å². The third-order valence-corrected chi connectivity index (χ3v) is 6.44. The van der Waals surface area contributed by atoms with Crippen LogP contribution in [0, 0.1) is 6.92 Å². The van der Waals surface area contributed by atoms with E-state index in [-0.39, 0.29) is 5.91 Å². The van der Waals surface area contributed by atoms with Gasteiger partial charge in [-0.1, -0.05) is 65.4 Å². The highest BCUT2D eigenvalue weighted by Gasteiger charge is 2.13. The summed E-state index contributed by atoms with van der Waals surface area (Å²) < 4.78 is 8.31. The number of ether oxygens (including phenoxy) is 1. The molecule has 0 aliphatic rings. The van der Waals surface area contributed by atoms with Gasteiger partial charge in [0, 0.05) is 24.2 Å². The van der Waals surface area contributed by atoms with Crippen LogP contribution in [-0.4, -0.2) is 24.2 Å². The summed E-state index contributed by atoms with van der Waals surface area (Å²) in [6.45, 7) is 3.09. The molecule has 0 saturated carbocycles. The first-order valence-corrected chi connectivity index (χ1v) is 10.8. The lowest BCUT2D eigenvalue weighted by molar-refractivity contribution is 0.0997. The third kappa shape index (κ3) is 4.10. The number of rotatable bonds is 5. The largest absolute Gasteiger partial charge is 0.383 e. The number of benzene rings is 3. The minimum atomic E-state index is -0.268. The van der Waals surface area contributed by atoms with Crippen molar-refractivity contribution in [3.63, 3.8) is 0 Å². The first kappa shape index (κ1) is 20.5. The lowest BCUT2D eigenvalue weighted by atomic mass is 10.0. The number of carbonyl (C=O) groups is 1. The fourth-order valence-electron chi connectivity index (χ4n) is 3.38. The predicted molar refractivity (Wildman–Crippen MR) is 123 cm³/mol. The summed E-state index contributed by atoms with van der Waals surface area (Å²) >= 11 is 7.81. The Morgan fingerprint density at radius 3 is 2.43 bits per heavy atom. The van der Waals surface area contributed by atoms with Crippen LogP contribution in [0.1, 0.15) is 15.9 Å². The van der Waals surface area contributed by atoms with Crippen LogP contribution in [-0.2, 0) is 11.3 Å². The molecular formula is C24H21ClN2O2S. The molecule has 152 valence electrons. The molecule has 0 unspecified atom stereocenters. The Bertz CT molecular complexity index is 1260. The fraction of sp³-hybridized carbons (Fsp3) is 0.167. The van der Waals surface area contributed by atoms with E-state index in [0.29, 0.717) is 28.5 Å². The van der Waals surface area contributed by atoms with E-state index >= 15 is 0 Å². The topological polar surface area (TPSA) is 43.6 Å². The Morgan fingerprint density at radius 2 is 1.73 bits per heavy atom. The van der Waals surface area contributed by atoms with Gasteiger partial charge in [-0.25, -0.2) is 0 Å². The highest BCUT2D eigenvalue weighted by Crippen LogP contribution is 2.27. The number of halogens is 1. The smallest absolute Gasteiger partial charge is 0.279 e. The van der Waals surface area contributed by atoms with Gasteiger partial charge in [0.1, 0.15) is 0 Å². The van der Waals surface area contributed by atoms with Crippen molar-refractivity contribution in [1.82, 2.24) is 4.57 Å². The molecule has 0 bridgehead atoms. The van der Waals surface area contributed by atoms with E-state index in [1.807, 2.05) is 78.2 Å². The van der Waals surface area contributed by atoms with Crippen molar-refractivity contribution in [3.8, 4) is 11.1 Å². The highest BCUT2D eigenvalue weighted by molar-refractivity contribution is 7.16. The number of hydrogen-bond acceptors (Lipinski definition) is 3. The van der Waals surface area contributed by atoms with Crippen molar-refractivity contribution < 1.29 is 9.53 Å². The Labute approximate surface area is 184 Å². The van der Waals surface area contributed by atoms with Gasteiger partial charge in [-0.15, -0.1) is 0 Å². The molecule has 0 atom stereocenters. The van der Waals surface area contributed by atoms with Gasteiger partial charge in [0.15, 0.2) is 4.80 Å². The average molecular weight is 437 g/mol. The van der Waals surface area contributed by atoms with Crippen molar-refractivity contribution in [2.45, 2.75) is 13.5 Å². The van der Waals surface area contributed by atoms with Gasteiger partial charge < -0.3 is 9.30 Å². The summed E-state index contributed by atoms with van der Waals surface area (Å²) in [5.41, 5.74) is 4.70. The number of thiazole rings is 1. The SMILES string of the molecule is COCCn1c(=NC(=O)c2ccc(-c3ccccc3)cc2)sc2ccc(Cl)c(C)c21. The second-order valence-corrected chi connectivity index (χ2v) is 8.32. The van der Waals surface area contributed by atoms with E-state index in [4.69, 9.17) is 16.3 Å². The van der Waals surface area contributed by atoms with Crippen LogP contribution in [0.15, 0.2) is 71.7 Å². The number of carbonyl (C=O) groups excluding carboxylic acids is 1. The Morgan fingerprint density at radius 1 is 1.03 bits per heavy atom. The summed E-state index contributed by atoms with van der Waals surface area (Å²) in [7, 11) is 1.66. The van der Waals surface area contributed by atoms with E-state index in [1.165, 1.54) is 11.3 Å². The maximum Gasteiger partial charge on any atom is 0.279 e. The van der Waals surface area contributed by atoms with Gasteiger partial charge in [-0.3, -0.25) is 4.79 Å². The van der Waals surface area contributed by atoms with Crippen molar-refractivity contribution in [2.24, 2.45) is 4.99 Å². The molecule has 4 rings (SSSR count). The zero-order valence-electron chi connectivity index (χ0n) is 16.8. The van der Waals surface area contributed by atoms with Crippen molar-refractivity contribution in [2.75, 3.05) is 13.7 Å². The summed E-state index contributed by atoms with van der Waals surface area (Å²) in [6, 6.07) is 21.5. The first-order valence-electron chi connectivity index (χ1n) is 9.60. The molecule has 0 aliphatic heterocycles. The molecule has 1 amide bonds. The van der Waals surface area contributed by atoms with Crippen LogP contribution in [0.2, 0.25) is 5.02 Å². The molecule has 0 spiro atoms. The van der Waals surface area contributed by atoms with Crippen molar-refractivity contribution >= 4 is 39.1 Å². The van der Waals surface area contributed by atoms with E-state index < -0.39 is 0 Å². The van der Waals surface area contributed by atoms with Crippen LogP contribution in [0.3, 0.4) is 0 Å². The number of hydrogen-bond donors (Lipinski definition) is 0. The number of nitrogens with zero attached hydrogens (tertiary/aromatic N) is 2. The molecule has 4 nitrogen and oxygen atoms in total. The van der Waals surface area contributed by atoms with Crippen LogP contribution in [0.25, 0.3) is 21.3 Å². The Balaban J connectivity index is 1.73. The van der Waals surface area contributed by atoms with Gasteiger partial charge in [0.25, 0.3) is 5.91 Å². The quantitative estimate of drug-likeness (QED) is 0.401. The number of fused-ring (bicyclic) bond motifs is 1. The maximum absolute atomic E-state index is 12.9. The molecule has 3 aromatic carbocycles. The number of amides is 1. The van der Waals surface area contributed by atoms with E-state index in [2.05, 4.69) is 4.99 Å². The maximum atomic E-state index is 12.9. The molecular weight excluding hydrogens is 416 g/mol. The zero-order chi connectivity index (χ0) is 21.1. The normalized spacial score (nSPS) is 11.9. The molecule has 0 N–H and O–H groups in total. The minimum absolute atomic E-state index is 0.268. The van der Waals surface area contributed by atoms with Crippen molar-refractivity contribution in [3.05, 3.63) is 87.7 Å².